The van der Waals surface area contributed by atoms with E-state index in [0.29, 0.717) is 6.42 Å². The summed E-state index contributed by atoms with van der Waals surface area (Å²) < 4.78 is 35.3. The fourth-order valence-corrected chi connectivity index (χ4v) is 2.96. The van der Waals surface area contributed by atoms with Gasteiger partial charge in [0.1, 0.15) is 5.75 Å². The molecule has 0 rings (SSSR count). The molecular formula is C14H31NaO4S. The molecule has 0 aliphatic rings. The van der Waals surface area contributed by atoms with Crippen LogP contribution in [0.5, 0.6) is 0 Å². The Hall–Kier alpha value is 0.870. The topological polar surface area (TPSA) is 63.6 Å². The minimum Gasteiger partial charge on any atom is -1.00 e. The second-order valence-electron chi connectivity index (χ2n) is 5.22. The molecular weight excluding hydrogens is 287 g/mol. The van der Waals surface area contributed by atoms with E-state index in [1.165, 1.54) is 52.1 Å². The fraction of sp³-hybridized carbons (Fsp3) is 1.00. The van der Waals surface area contributed by atoms with Gasteiger partial charge in [-0.05, 0) is 6.42 Å². The summed E-state index contributed by atoms with van der Waals surface area (Å²) in [6, 6.07) is 0. The quantitative estimate of drug-likeness (QED) is 0.312. The van der Waals surface area contributed by atoms with Gasteiger partial charge in [0, 0.05) is 7.11 Å². The summed E-state index contributed by atoms with van der Waals surface area (Å²) >= 11 is 0. The van der Waals surface area contributed by atoms with Crippen LogP contribution in [0.15, 0.2) is 0 Å². The molecule has 4 nitrogen and oxygen atoms in total. The molecule has 0 bridgehead atoms. The van der Waals surface area contributed by atoms with Gasteiger partial charge in [-0.25, -0.2) is 0 Å². The Balaban J connectivity index is -0.00000162. The predicted molar refractivity (Wildman–Crippen MR) is 80.2 cm³/mol. The van der Waals surface area contributed by atoms with Gasteiger partial charge in [0.05, 0.1) is 6.10 Å². The molecule has 118 valence electrons. The van der Waals surface area contributed by atoms with E-state index in [0.717, 1.165) is 12.8 Å². The first-order valence-electron chi connectivity index (χ1n) is 7.47. The summed E-state index contributed by atoms with van der Waals surface area (Å²) in [5, 5.41) is 0. The summed E-state index contributed by atoms with van der Waals surface area (Å²) in [6.45, 7) is 2.22. The first-order valence-corrected chi connectivity index (χ1v) is 9.08. The summed E-state index contributed by atoms with van der Waals surface area (Å²) in [5.41, 5.74) is 0. The second kappa shape index (κ2) is 14.8. The third kappa shape index (κ3) is 16.9. The average Bonchev–Trinajstić information content (AvgIpc) is 2.34. The van der Waals surface area contributed by atoms with E-state index in [-0.39, 0.29) is 42.8 Å². The molecule has 0 aliphatic heterocycles. The molecule has 6 heteroatoms. The van der Waals surface area contributed by atoms with Crippen LogP contribution in [0.4, 0.5) is 0 Å². The van der Waals surface area contributed by atoms with E-state index in [1.807, 2.05) is 0 Å². The summed E-state index contributed by atoms with van der Waals surface area (Å²) in [4.78, 5) is 0. The van der Waals surface area contributed by atoms with Crippen molar-refractivity contribution in [1.82, 2.24) is 0 Å². The maximum atomic E-state index is 10.7. The normalized spacial score (nSPS) is 12.9. The number of unbranched alkanes of at least 4 members (excludes halogenated alkanes) is 8. The molecule has 0 heterocycles. The molecule has 0 saturated heterocycles. The third-order valence-corrected chi connectivity index (χ3v) is 4.15. The summed E-state index contributed by atoms with van der Waals surface area (Å²) in [7, 11) is -2.43. The molecule has 0 aromatic heterocycles. The molecule has 0 aliphatic carbocycles. The fourth-order valence-electron chi connectivity index (χ4n) is 2.19. The standard InChI is InChI=1S/C14H30O4S.Na.H/c1-3-4-5-6-7-8-9-10-11-12-14(18-2)13-19(15,16)17;;/h14H,3-13H2,1-2H3,(H,15,16,17);;/q;+1;-1. The van der Waals surface area contributed by atoms with Gasteiger partial charge in [-0.2, -0.15) is 8.42 Å². The monoisotopic (exact) mass is 318 g/mol. The zero-order valence-corrected chi connectivity index (χ0v) is 16.3. The van der Waals surface area contributed by atoms with Gasteiger partial charge in [-0.15, -0.1) is 0 Å². The van der Waals surface area contributed by atoms with Gasteiger partial charge < -0.3 is 6.16 Å². The van der Waals surface area contributed by atoms with Gasteiger partial charge in [-0.1, -0.05) is 64.7 Å². The maximum Gasteiger partial charge on any atom is 1.00 e. The SMILES string of the molecule is CCCCCCCCCCCC(CS(=O)(=O)O)OC.[H-].[Na+]. The molecule has 1 N–H and O–H groups in total. The van der Waals surface area contributed by atoms with Crippen molar-refractivity contribution >= 4 is 10.1 Å². The first kappa shape index (κ1) is 23.1. The Morgan fingerprint density at radius 2 is 1.45 bits per heavy atom. The Morgan fingerprint density at radius 1 is 1.00 bits per heavy atom. The molecule has 1 unspecified atom stereocenters. The van der Waals surface area contributed by atoms with Crippen molar-refractivity contribution in [1.29, 1.82) is 0 Å². The van der Waals surface area contributed by atoms with Crippen molar-refractivity contribution in [3.63, 3.8) is 0 Å². The number of hydrogen-bond donors (Lipinski definition) is 1. The van der Waals surface area contributed by atoms with Gasteiger partial charge >= 0.3 is 29.6 Å². The number of hydrogen-bond acceptors (Lipinski definition) is 3. The Morgan fingerprint density at radius 3 is 1.85 bits per heavy atom. The molecule has 0 aromatic rings. The maximum absolute atomic E-state index is 10.7. The summed E-state index contributed by atoms with van der Waals surface area (Å²) in [5.74, 6) is -0.291. The molecule has 0 amide bonds. The molecule has 0 spiro atoms. The van der Waals surface area contributed by atoms with Crippen LogP contribution in [0.3, 0.4) is 0 Å². The Labute approximate surface area is 148 Å². The minimum absolute atomic E-state index is 0. The Kier molecular flexibility index (Phi) is 17.1. The minimum atomic E-state index is -3.92. The van der Waals surface area contributed by atoms with Crippen molar-refractivity contribution < 1.29 is 48.7 Å². The first-order chi connectivity index (χ1) is 8.99. The second-order valence-corrected chi connectivity index (χ2v) is 6.72. The van der Waals surface area contributed by atoms with E-state index < -0.39 is 10.1 Å². The van der Waals surface area contributed by atoms with E-state index >= 15 is 0 Å². The van der Waals surface area contributed by atoms with Crippen molar-refractivity contribution in [2.75, 3.05) is 12.9 Å². The number of methoxy groups -OCH3 is 1. The van der Waals surface area contributed by atoms with Gasteiger partial charge in [0.2, 0.25) is 0 Å². The molecule has 0 aromatic carbocycles. The predicted octanol–water partition coefficient (Wildman–Crippen LogP) is 0.927. The Bertz CT molecular complexity index is 299. The van der Waals surface area contributed by atoms with Crippen LogP contribution in [0.1, 0.15) is 72.6 Å². The van der Waals surface area contributed by atoms with Crippen LogP contribution in [0.25, 0.3) is 0 Å². The van der Waals surface area contributed by atoms with E-state index in [1.54, 1.807) is 0 Å². The zero-order valence-electron chi connectivity index (χ0n) is 14.4. The molecule has 0 saturated carbocycles. The zero-order chi connectivity index (χ0) is 14.6. The molecule has 1 atom stereocenters. The van der Waals surface area contributed by atoms with E-state index in [4.69, 9.17) is 9.29 Å². The number of ether oxygens (including phenoxy) is 1. The molecule has 0 fully saturated rings. The van der Waals surface area contributed by atoms with E-state index in [2.05, 4.69) is 6.92 Å². The van der Waals surface area contributed by atoms with Gasteiger partial charge in [0.15, 0.2) is 0 Å². The number of rotatable bonds is 13. The average molecular weight is 318 g/mol. The van der Waals surface area contributed by atoms with Crippen LogP contribution in [-0.2, 0) is 14.9 Å². The third-order valence-electron chi connectivity index (χ3n) is 3.36. The summed E-state index contributed by atoms with van der Waals surface area (Å²) in [6.07, 6.45) is 11.5. The molecule has 0 radical (unpaired) electrons. The van der Waals surface area contributed by atoms with Crippen LogP contribution in [0, 0.1) is 0 Å². The van der Waals surface area contributed by atoms with Crippen LogP contribution < -0.4 is 29.6 Å². The van der Waals surface area contributed by atoms with Crippen LogP contribution in [-0.4, -0.2) is 31.9 Å². The van der Waals surface area contributed by atoms with Crippen molar-refractivity contribution in [2.45, 2.75) is 77.2 Å². The van der Waals surface area contributed by atoms with Crippen molar-refractivity contribution in [3.05, 3.63) is 0 Å². The van der Waals surface area contributed by atoms with Gasteiger partial charge in [0.25, 0.3) is 10.1 Å². The van der Waals surface area contributed by atoms with Crippen molar-refractivity contribution in [2.24, 2.45) is 0 Å². The largest absolute Gasteiger partial charge is 1.00 e. The molecule has 20 heavy (non-hydrogen) atoms. The van der Waals surface area contributed by atoms with Crippen molar-refractivity contribution in [3.8, 4) is 0 Å². The van der Waals surface area contributed by atoms with Crippen LogP contribution in [0.2, 0.25) is 0 Å². The van der Waals surface area contributed by atoms with E-state index in [9.17, 15) is 8.42 Å². The van der Waals surface area contributed by atoms with Crippen LogP contribution >= 0.6 is 0 Å². The van der Waals surface area contributed by atoms with Gasteiger partial charge in [-0.3, -0.25) is 4.55 Å². The smallest absolute Gasteiger partial charge is 1.00 e.